The van der Waals surface area contributed by atoms with Crippen molar-refractivity contribution in [2.24, 2.45) is 5.41 Å². The van der Waals surface area contributed by atoms with Crippen molar-refractivity contribution in [3.05, 3.63) is 22.7 Å². The van der Waals surface area contributed by atoms with Crippen LogP contribution in [-0.4, -0.2) is 26.7 Å². The van der Waals surface area contributed by atoms with E-state index in [1.165, 1.54) is 6.07 Å². The first-order valence-corrected chi connectivity index (χ1v) is 7.82. The highest BCUT2D eigenvalue weighted by Gasteiger charge is 2.42. The van der Waals surface area contributed by atoms with Crippen molar-refractivity contribution in [2.75, 3.05) is 18.9 Å². The second kappa shape index (κ2) is 4.80. The lowest BCUT2D eigenvalue weighted by molar-refractivity contribution is 0.213. The summed E-state index contributed by atoms with van der Waals surface area (Å²) in [5.41, 5.74) is 5.72. The van der Waals surface area contributed by atoms with Gasteiger partial charge in [0.15, 0.2) is 0 Å². The van der Waals surface area contributed by atoms with E-state index in [4.69, 9.17) is 10.8 Å². The number of nitrogens with two attached hydrogens (primary N) is 1. The Bertz CT molecular complexity index is 555. The average molecular weight is 335 g/mol. The Morgan fingerprint density at radius 1 is 1.44 bits per heavy atom. The maximum Gasteiger partial charge on any atom is 0.241 e. The third kappa shape index (κ3) is 2.85. The minimum absolute atomic E-state index is 0.00756. The molecule has 0 aromatic heterocycles. The molecule has 0 radical (unpaired) electrons. The van der Waals surface area contributed by atoms with Crippen LogP contribution < -0.4 is 10.5 Å². The van der Waals surface area contributed by atoms with Crippen molar-refractivity contribution in [2.45, 2.75) is 17.7 Å². The summed E-state index contributed by atoms with van der Waals surface area (Å²) >= 11 is 3.20. The first-order chi connectivity index (χ1) is 8.38. The number of nitrogen functional groups attached to an aromatic ring is 1. The predicted octanol–water partition coefficient (Wildman–Crippen LogP) is 1.08. The van der Waals surface area contributed by atoms with E-state index in [2.05, 4.69) is 20.7 Å². The molecule has 1 fully saturated rings. The number of aliphatic hydroxyl groups excluding tert-OH is 1. The highest BCUT2D eigenvalue weighted by Crippen LogP contribution is 2.44. The van der Waals surface area contributed by atoms with Crippen LogP contribution in [0.1, 0.15) is 12.8 Å². The average Bonchev–Trinajstić information content (AvgIpc) is 3.11. The van der Waals surface area contributed by atoms with Gasteiger partial charge in [-0.05, 0) is 47.0 Å². The molecule has 0 saturated heterocycles. The molecule has 0 amide bonds. The van der Waals surface area contributed by atoms with Gasteiger partial charge in [-0.1, -0.05) is 0 Å². The Hall–Kier alpha value is -0.630. The normalized spacial score (nSPS) is 17.7. The predicted molar refractivity (Wildman–Crippen MR) is 72.5 cm³/mol. The lowest BCUT2D eigenvalue weighted by Crippen LogP contribution is -2.32. The van der Waals surface area contributed by atoms with Gasteiger partial charge in [-0.2, -0.15) is 0 Å². The molecule has 0 unspecified atom stereocenters. The second-order valence-electron chi connectivity index (χ2n) is 4.67. The fraction of sp³-hybridized carbons (Fsp3) is 0.455. The van der Waals surface area contributed by atoms with E-state index < -0.39 is 10.0 Å². The van der Waals surface area contributed by atoms with Crippen LogP contribution in [0.4, 0.5) is 5.69 Å². The largest absolute Gasteiger partial charge is 0.399 e. The van der Waals surface area contributed by atoms with E-state index >= 15 is 0 Å². The highest BCUT2D eigenvalue weighted by atomic mass is 79.9. The lowest BCUT2D eigenvalue weighted by atomic mass is 10.1. The van der Waals surface area contributed by atoms with Crippen molar-refractivity contribution < 1.29 is 13.5 Å². The van der Waals surface area contributed by atoms with Gasteiger partial charge in [0.25, 0.3) is 0 Å². The molecule has 18 heavy (non-hydrogen) atoms. The molecule has 4 N–H and O–H groups in total. The van der Waals surface area contributed by atoms with Crippen LogP contribution in [0.5, 0.6) is 0 Å². The second-order valence-corrected chi connectivity index (χ2v) is 7.26. The number of nitrogens with one attached hydrogen (secondary N) is 1. The van der Waals surface area contributed by atoms with Gasteiger partial charge in [0.1, 0.15) is 0 Å². The molecule has 5 nitrogen and oxygen atoms in total. The Kier molecular flexibility index (Phi) is 3.68. The SMILES string of the molecule is Nc1ccc(Br)c(S(=O)(=O)NCC2(CO)CC2)c1. The summed E-state index contributed by atoms with van der Waals surface area (Å²) < 4.78 is 27.2. The number of sulfonamides is 1. The summed E-state index contributed by atoms with van der Waals surface area (Å²) in [6.45, 7) is 0.265. The van der Waals surface area contributed by atoms with Gasteiger partial charge in [-0.15, -0.1) is 0 Å². The molecule has 0 spiro atoms. The molecule has 1 aromatic rings. The van der Waals surface area contributed by atoms with Crippen molar-refractivity contribution in [1.29, 1.82) is 0 Å². The quantitative estimate of drug-likeness (QED) is 0.702. The zero-order valence-electron chi connectivity index (χ0n) is 9.69. The number of hydrogen-bond donors (Lipinski definition) is 3. The summed E-state index contributed by atoms with van der Waals surface area (Å²) in [7, 11) is -3.60. The van der Waals surface area contributed by atoms with Crippen molar-refractivity contribution in [1.82, 2.24) is 4.72 Å². The van der Waals surface area contributed by atoms with Crippen LogP contribution in [0.3, 0.4) is 0 Å². The van der Waals surface area contributed by atoms with Gasteiger partial charge < -0.3 is 10.8 Å². The van der Waals surface area contributed by atoms with E-state index in [0.717, 1.165) is 12.8 Å². The standard InChI is InChI=1S/C11H15BrN2O3S/c12-9-2-1-8(13)5-10(9)18(16,17)14-6-11(7-15)3-4-11/h1-2,5,14-15H,3-4,6-7,13H2. The fourth-order valence-electron chi connectivity index (χ4n) is 1.62. The van der Waals surface area contributed by atoms with Gasteiger partial charge in [0.05, 0.1) is 4.90 Å². The van der Waals surface area contributed by atoms with Crippen LogP contribution in [0.25, 0.3) is 0 Å². The van der Waals surface area contributed by atoms with Crippen LogP contribution in [0.2, 0.25) is 0 Å². The molecule has 0 heterocycles. The summed E-state index contributed by atoms with van der Waals surface area (Å²) in [4.78, 5) is 0.122. The van der Waals surface area contributed by atoms with E-state index in [9.17, 15) is 8.42 Å². The first-order valence-electron chi connectivity index (χ1n) is 5.54. The molecule has 100 valence electrons. The Labute approximate surface area is 115 Å². The van der Waals surface area contributed by atoms with Gasteiger partial charge in [-0.25, -0.2) is 13.1 Å². The van der Waals surface area contributed by atoms with Crippen molar-refractivity contribution >= 4 is 31.6 Å². The first kappa shape index (κ1) is 13.8. The van der Waals surface area contributed by atoms with E-state index in [1.807, 2.05) is 0 Å². The minimum atomic E-state index is -3.60. The molecule has 2 rings (SSSR count). The third-order valence-electron chi connectivity index (χ3n) is 3.17. The Morgan fingerprint density at radius 3 is 2.67 bits per heavy atom. The molecule has 1 aliphatic rings. The maximum atomic E-state index is 12.1. The van der Waals surface area contributed by atoms with Crippen LogP contribution >= 0.6 is 15.9 Å². The summed E-state index contributed by atoms with van der Waals surface area (Å²) in [6.07, 6.45) is 1.70. The summed E-state index contributed by atoms with van der Waals surface area (Å²) in [5.74, 6) is 0. The third-order valence-corrected chi connectivity index (χ3v) is 5.57. The van der Waals surface area contributed by atoms with Gasteiger partial charge in [-0.3, -0.25) is 0 Å². The van der Waals surface area contributed by atoms with E-state index in [0.29, 0.717) is 10.2 Å². The number of hydrogen-bond acceptors (Lipinski definition) is 4. The molecule has 1 aromatic carbocycles. The van der Waals surface area contributed by atoms with E-state index in [-0.39, 0.29) is 23.5 Å². The zero-order valence-corrected chi connectivity index (χ0v) is 12.1. The van der Waals surface area contributed by atoms with Crippen LogP contribution in [-0.2, 0) is 10.0 Å². The molecular formula is C11H15BrN2O3S. The smallest absolute Gasteiger partial charge is 0.241 e. The number of aliphatic hydroxyl groups is 1. The van der Waals surface area contributed by atoms with E-state index in [1.54, 1.807) is 12.1 Å². The number of benzene rings is 1. The molecule has 1 saturated carbocycles. The summed E-state index contributed by atoms with van der Waals surface area (Å²) in [6, 6.07) is 4.63. The van der Waals surface area contributed by atoms with Gasteiger partial charge >= 0.3 is 0 Å². The molecule has 0 bridgehead atoms. The molecule has 7 heteroatoms. The Balaban J connectivity index is 2.18. The van der Waals surface area contributed by atoms with Crippen LogP contribution in [0, 0.1) is 5.41 Å². The molecule has 0 atom stereocenters. The highest BCUT2D eigenvalue weighted by molar-refractivity contribution is 9.10. The molecular weight excluding hydrogens is 320 g/mol. The topological polar surface area (TPSA) is 92.4 Å². The molecule has 0 aliphatic heterocycles. The van der Waals surface area contributed by atoms with Crippen molar-refractivity contribution in [3.8, 4) is 0 Å². The van der Waals surface area contributed by atoms with Crippen molar-refractivity contribution in [3.63, 3.8) is 0 Å². The zero-order chi connectivity index (χ0) is 13.4. The minimum Gasteiger partial charge on any atom is -0.399 e. The number of rotatable bonds is 5. The number of anilines is 1. The molecule has 1 aliphatic carbocycles. The van der Waals surface area contributed by atoms with Gasteiger partial charge in [0, 0.05) is 28.7 Å². The monoisotopic (exact) mass is 334 g/mol. The lowest BCUT2D eigenvalue weighted by Gasteiger charge is -2.14. The fourth-order valence-corrected chi connectivity index (χ4v) is 3.77. The Morgan fingerprint density at radius 2 is 2.11 bits per heavy atom. The van der Waals surface area contributed by atoms with Gasteiger partial charge in [0.2, 0.25) is 10.0 Å². The maximum absolute atomic E-state index is 12.1. The summed E-state index contributed by atoms with van der Waals surface area (Å²) in [5, 5.41) is 9.16. The van der Waals surface area contributed by atoms with Crippen LogP contribution in [0.15, 0.2) is 27.6 Å². The number of halogens is 1.